The summed E-state index contributed by atoms with van der Waals surface area (Å²) in [4.78, 5) is 0. The first-order chi connectivity index (χ1) is 23.4. The van der Waals surface area contributed by atoms with Gasteiger partial charge in [-0.15, -0.1) is 0 Å². The SMILES string of the molecule is CC(C)S(=O)(=O)N(c1n[nH]c2c(F)c(Cl)c(-c3ccccc3)cc12)C(C(F)(F)F)S(=O)(=O)Nc1n[nH]c2c(F)c(Cl)c(-c3ccccc3)cc12. The van der Waals surface area contributed by atoms with Crippen molar-refractivity contribution in [1.29, 1.82) is 0 Å². The van der Waals surface area contributed by atoms with Gasteiger partial charge < -0.3 is 0 Å². The fourth-order valence-corrected chi connectivity index (χ4v) is 8.97. The first-order valence-electron chi connectivity index (χ1n) is 14.4. The van der Waals surface area contributed by atoms with Gasteiger partial charge in [0, 0.05) is 21.9 Å². The molecule has 0 saturated heterocycles. The molecular weight excluding hydrogens is 750 g/mol. The summed E-state index contributed by atoms with van der Waals surface area (Å²) in [6.45, 7) is 2.05. The average molecular weight is 774 g/mol. The molecule has 0 bridgehead atoms. The number of halogens is 7. The summed E-state index contributed by atoms with van der Waals surface area (Å²) in [5, 5.41) is 4.54. The molecule has 0 aliphatic carbocycles. The molecule has 262 valence electrons. The summed E-state index contributed by atoms with van der Waals surface area (Å²) in [6, 6.07) is 18.2. The van der Waals surface area contributed by atoms with Gasteiger partial charge in [-0.25, -0.2) is 29.9 Å². The molecule has 2 aromatic heterocycles. The minimum Gasteiger partial charge on any atom is -0.273 e. The van der Waals surface area contributed by atoms with Crippen molar-refractivity contribution in [2.24, 2.45) is 0 Å². The predicted molar refractivity (Wildman–Crippen MR) is 182 cm³/mol. The molecule has 0 amide bonds. The summed E-state index contributed by atoms with van der Waals surface area (Å²) in [6.07, 6.45) is -5.85. The van der Waals surface area contributed by atoms with E-state index in [1.807, 2.05) is 0 Å². The zero-order valence-corrected chi connectivity index (χ0v) is 28.7. The van der Waals surface area contributed by atoms with E-state index in [1.165, 1.54) is 18.2 Å². The summed E-state index contributed by atoms with van der Waals surface area (Å²) in [5.41, 5.74) is -0.292. The fourth-order valence-electron chi connectivity index (χ4n) is 5.29. The van der Waals surface area contributed by atoms with Crippen LogP contribution in [0.15, 0.2) is 72.8 Å². The molecule has 6 aromatic rings. The first kappa shape index (κ1) is 35.4. The largest absolute Gasteiger partial charge is 0.426 e. The topological polar surface area (TPSA) is 141 Å². The number of hydrogen-bond donors (Lipinski definition) is 3. The molecule has 3 N–H and O–H groups in total. The number of nitrogens with one attached hydrogen (secondary N) is 3. The summed E-state index contributed by atoms with van der Waals surface area (Å²) in [7, 11) is -11.2. The van der Waals surface area contributed by atoms with E-state index in [-0.39, 0.29) is 21.5 Å². The predicted octanol–water partition coefficient (Wildman–Crippen LogP) is 8.23. The van der Waals surface area contributed by atoms with Gasteiger partial charge >= 0.3 is 6.18 Å². The highest BCUT2D eigenvalue weighted by atomic mass is 35.5. The van der Waals surface area contributed by atoms with Gasteiger partial charge in [-0.05, 0) is 37.1 Å². The Labute approximate surface area is 291 Å². The Balaban J connectivity index is 1.56. The summed E-state index contributed by atoms with van der Waals surface area (Å²) >= 11 is 12.5. The molecule has 0 saturated carbocycles. The molecule has 4 aromatic carbocycles. The van der Waals surface area contributed by atoms with Crippen LogP contribution in [0.1, 0.15) is 13.8 Å². The number of hydrogen-bond acceptors (Lipinski definition) is 6. The maximum Gasteiger partial charge on any atom is 0.426 e. The van der Waals surface area contributed by atoms with Crippen LogP contribution in [0.3, 0.4) is 0 Å². The number of benzene rings is 4. The molecule has 0 fully saturated rings. The molecule has 2 heterocycles. The molecule has 0 radical (unpaired) electrons. The van der Waals surface area contributed by atoms with Crippen molar-refractivity contribution < 1.29 is 38.8 Å². The maximum absolute atomic E-state index is 15.6. The second-order valence-electron chi connectivity index (χ2n) is 11.2. The van der Waals surface area contributed by atoms with Crippen molar-refractivity contribution in [2.45, 2.75) is 30.6 Å². The molecule has 1 atom stereocenters. The Morgan fingerprint density at radius 1 is 0.760 bits per heavy atom. The molecule has 0 aliphatic heterocycles. The van der Waals surface area contributed by atoms with Gasteiger partial charge in [0.05, 0.1) is 15.3 Å². The van der Waals surface area contributed by atoms with E-state index in [9.17, 15) is 16.8 Å². The number of aromatic nitrogens is 4. The summed E-state index contributed by atoms with van der Waals surface area (Å²) < 4.78 is 133. The van der Waals surface area contributed by atoms with Gasteiger partial charge in [0.25, 0.3) is 15.4 Å². The van der Waals surface area contributed by atoms with Crippen LogP contribution in [0.2, 0.25) is 10.0 Å². The number of rotatable bonds is 9. The van der Waals surface area contributed by atoms with Gasteiger partial charge in [-0.3, -0.25) is 14.9 Å². The van der Waals surface area contributed by atoms with Crippen molar-refractivity contribution in [1.82, 2.24) is 20.4 Å². The Morgan fingerprint density at radius 3 is 1.70 bits per heavy atom. The lowest BCUT2D eigenvalue weighted by Gasteiger charge is -2.33. The Kier molecular flexibility index (Phi) is 8.99. The van der Waals surface area contributed by atoms with E-state index in [4.69, 9.17) is 23.2 Å². The number of sulfonamides is 2. The van der Waals surface area contributed by atoms with Crippen molar-refractivity contribution in [2.75, 3.05) is 9.03 Å². The minimum absolute atomic E-state index is 0.0377. The van der Waals surface area contributed by atoms with Crippen LogP contribution in [-0.2, 0) is 20.0 Å². The van der Waals surface area contributed by atoms with Crippen molar-refractivity contribution >= 4 is 76.7 Å². The zero-order valence-electron chi connectivity index (χ0n) is 25.5. The normalized spacial score (nSPS) is 13.3. The van der Waals surface area contributed by atoms with Crippen molar-refractivity contribution in [3.05, 3.63) is 94.5 Å². The van der Waals surface area contributed by atoms with Gasteiger partial charge in [0.15, 0.2) is 23.3 Å². The second kappa shape index (κ2) is 12.7. The highest BCUT2D eigenvalue weighted by molar-refractivity contribution is 7.97. The number of alkyl halides is 3. The summed E-state index contributed by atoms with van der Waals surface area (Å²) in [5.74, 6) is -4.12. The van der Waals surface area contributed by atoms with E-state index in [0.717, 1.165) is 19.9 Å². The van der Waals surface area contributed by atoms with Crippen LogP contribution in [0.4, 0.5) is 33.6 Å². The molecule has 6 rings (SSSR count). The number of aromatic amines is 2. The van der Waals surface area contributed by atoms with Crippen molar-refractivity contribution in [3.8, 4) is 22.3 Å². The van der Waals surface area contributed by atoms with E-state index >= 15 is 22.0 Å². The van der Waals surface area contributed by atoms with Gasteiger partial charge in [0.1, 0.15) is 11.0 Å². The lowest BCUT2D eigenvalue weighted by molar-refractivity contribution is -0.127. The van der Waals surface area contributed by atoms with Crippen LogP contribution >= 0.6 is 23.2 Å². The van der Waals surface area contributed by atoms with Crippen molar-refractivity contribution in [3.63, 3.8) is 0 Å². The van der Waals surface area contributed by atoms with Gasteiger partial charge in [0.2, 0.25) is 10.0 Å². The van der Waals surface area contributed by atoms with E-state index in [0.29, 0.717) is 11.1 Å². The smallest absolute Gasteiger partial charge is 0.273 e. The molecule has 1 unspecified atom stereocenters. The molecule has 0 spiro atoms. The molecule has 10 nitrogen and oxygen atoms in total. The number of anilines is 2. The number of H-pyrrole nitrogens is 2. The Hall–Kier alpha value is -4.45. The fraction of sp³-hybridized carbons (Fsp3) is 0.161. The lowest BCUT2D eigenvalue weighted by Crippen LogP contribution is -2.57. The lowest BCUT2D eigenvalue weighted by atomic mass is 10.0. The van der Waals surface area contributed by atoms with Crippen LogP contribution in [0, 0.1) is 11.6 Å². The Morgan fingerprint density at radius 2 is 1.22 bits per heavy atom. The zero-order chi connectivity index (χ0) is 36.3. The van der Waals surface area contributed by atoms with Gasteiger partial charge in [-0.2, -0.15) is 23.4 Å². The number of fused-ring (bicyclic) bond motifs is 2. The highest BCUT2D eigenvalue weighted by Crippen LogP contribution is 2.43. The number of nitrogens with zero attached hydrogens (tertiary/aromatic N) is 3. The van der Waals surface area contributed by atoms with E-state index in [2.05, 4.69) is 20.4 Å². The van der Waals surface area contributed by atoms with E-state index in [1.54, 1.807) is 53.3 Å². The third kappa shape index (κ3) is 6.01. The molecule has 50 heavy (non-hydrogen) atoms. The quantitative estimate of drug-likeness (QED) is 0.127. The van der Waals surface area contributed by atoms with Crippen LogP contribution in [0.5, 0.6) is 0 Å². The standard InChI is InChI=1S/C31H23Cl2F5N6O4S2/c1-15(2)50(47,48)44(29-21-14-19(17-11-7-4-8-12-17)23(33)25(35)27(21)40-42-29)30(31(36,37)38)49(45,46)43-28-20-13-18(16-9-5-3-6-10-16)22(32)24(34)26(20)39-41-28/h3-15,30H,1-2H3,(H,40,42)(H2,39,41,43). The monoisotopic (exact) mass is 772 g/mol. The second-order valence-corrected chi connectivity index (χ2v) is 16.1. The molecule has 19 heteroatoms. The Bertz CT molecular complexity index is 2480. The highest BCUT2D eigenvalue weighted by Gasteiger charge is 2.58. The minimum atomic E-state index is -5.93. The van der Waals surface area contributed by atoms with Crippen LogP contribution in [0.25, 0.3) is 44.1 Å². The average Bonchev–Trinajstić information content (AvgIpc) is 3.66. The third-order valence-corrected chi connectivity index (χ3v) is 12.3. The first-order valence-corrected chi connectivity index (χ1v) is 18.2. The molecular formula is C31H23Cl2F5N6O4S2. The van der Waals surface area contributed by atoms with E-state index < -0.39 is 85.9 Å². The van der Waals surface area contributed by atoms with Gasteiger partial charge in [-0.1, -0.05) is 83.9 Å². The maximum atomic E-state index is 15.6. The third-order valence-electron chi connectivity index (χ3n) is 7.74. The van der Waals surface area contributed by atoms with Crippen LogP contribution < -0.4 is 9.03 Å². The molecule has 0 aliphatic rings. The van der Waals surface area contributed by atoms with Crippen LogP contribution in [-0.4, -0.2) is 54.0 Å².